The molecule has 5 aliphatic rings. The minimum atomic E-state index is -4.79. The van der Waals surface area contributed by atoms with Crippen molar-refractivity contribution in [1.82, 2.24) is 19.6 Å². The molecule has 4 fully saturated rings. The van der Waals surface area contributed by atoms with Crippen LogP contribution in [0.3, 0.4) is 0 Å². The number of hydrogen-bond acceptors (Lipinski definition) is 13. The number of aromatic nitrogens is 2. The van der Waals surface area contributed by atoms with Crippen LogP contribution in [-0.4, -0.2) is 89.0 Å². The van der Waals surface area contributed by atoms with Crippen LogP contribution in [0.4, 0.5) is 20.2 Å². The van der Waals surface area contributed by atoms with Crippen molar-refractivity contribution in [3.63, 3.8) is 0 Å². The number of aromatic amines is 1. The molecule has 1 spiro atoms. The predicted octanol–water partition coefficient (Wildman–Crippen LogP) is 10.5. The molecule has 0 unspecified atom stereocenters. The molecular weight excluding hydrogens is 943 g/mol. The number of H-pyrrole nitrogens is 1. The number of anilines is 1. The fraction of sp³-hybridized carbons (Fsp3) is 0.490. The first-order valence-electron chi connectivity index (χ1n) is 24.2. The number of nitrogens with zero attached hydrogens (tertiary/aromatic N) is 4. The maximum absolute atomic E-state index is 14.2. The number of sulfonamides is 1. The van der Waals surface area contributed by atoms with Crippen LogP contribution < -0.4 is 23.8 Å². The predicted molar refractivity (Wildman–Crippen MR) is 261 cm³/mol. The number of ether oxygens (including phenoxy) is 3. The standard InChI is InChI=1S/C51H58F2N6O9S2/c1-30(2)36-7-4-5-8-37(36)39-9-6-20-58(39)34-27-51(28-34)17-21-57(22-18-51)33-10-11-38(41(24-33)67-43-23-32-14-19-54-46(32)55-48(43)68-49(52)53)47(60)56-70(64,65)35-25-40(59(62)63)45-42(26-35)66-29-44(69-45)31-12-15-50(3,61)16-13-31/h4-5,7-8,10-11,14,19,23-26,30-31,34,39,44,49,61H,6,9,12-13,15-18,20-22,27-29H2,1-3H3,(H,54,55)(H,56,60)/t31-,39-,44+,50-/m0/s1. The Kier molecular flexibility index (Phi) is 13.0. The van der Waals surface area contributed by atoms with Gasteiger partial charge in [0.25, 0.3) is 27.5 Å². The second-order valence-corrected chi connectivity index (χ2v) is 23.3. The third-order valence-corrected chi connectivity index (χ3v) is 18.2. The smallest absolute Gasteiger partial charge is 0.388 e. The maximum atomic E-state index is 14.2. The van der Waals surface area contributed by atoms with Gasteiger partial charge < -0.3 is 29.2 Å². The van der Waals surface area contributed by atoms with Gasteiger partial charge in [-0.3, -0.25) is 19.8 Å². The number of piperidine rings is 1. The van der Waals surface area contributed by atoms with Crippen LogP contribution >= 0.6 is 11.8 Å². The summed E-state index contributed by atoms with van der Waals surface area (Å²) < 4.78 is 74.7. The molecular formula is C51H58F2N6O9S2. The number of pyridine rings is 1. The quantitative estimate of drug-likeness (QED) is 0.0747. The van der Waals surface area contributed by atoms with Crippen LogP contribution in [0.15, 0.2) is 82.7 Å². The lowest BCUT2D eigenvalue weighted by atomic mass is 9.59. The Morgan fingerprint density at radius 3 is 2.50 bits per heavy atom. The van der Waals surface area contributed by atoms with Crippen molar-refractivity contribution >= 4 is 50.1 Å². The number of carbonyl (C=O) groups is 1. The van der Waals surface area contributed by atoms with E-state index in [1.54, 1.807) is 31.3 Å². The lowest BCUT2D eigenvalue weighted by Gasteiger charge is -2.56. The van der Waals surface area contributed by atoms with Gasteiger partial charge in [-0.15, -0.1) is 11.8 Å². The van der Waals surface area contributed by atoms with Crippen LogP contribution in [0, 0.1) is 21.4 Å². The van der Waals surface area contributed by atoms with Gasteiger partial charge in [-0.1, -0.05) is 38.1 Å². The Balaban J connectivity index is 0.888. The summed E-state index contributed by atoms with van der Waals surface area (Å²) in [6.45, 7) is 5.75. The lowest BCUT2D eigenvalue weighted by molar-refractivity contribution is -0.388. The van der Waals surface area contributed by atoms with Crippen molar-refractivity contribution in [3.05, 3.63) is 99.7 Å². The van der Waals surface area contributed by atoms with E-state index in [1.807, 2.05) is 0 Å². The summed E-state index contributed by atoms with van der Waals surface area (Å²) in [6.07, 6.45) is 10.7. The van der Waals surface area contributed by atoms with Crippen LogP contribution in [0.1, 0.15) is 118 Å². The van der Waals surface area contributed by atoms with Gasteiger partial charge in [0.05, 0.1) is 21.0 Å². The van der Waals surface area contributed by atoms with Crippen molar-refractivity contribution in [3.8, 4) is 23.1 Å². The number of nitro benzene ring substituents is 1. The Labute approximate surface area is 409 Å². The van der Waals surface area contributed by atoms with Gasteiger partial charge in [0.1, 0.15) is 28.6 Å². The molecule has 372 valence electrons. The average molecular weight is 1000 g/mol. The normalized spacial score (nSPS) is 23.8. The number of nitro groups is 1. The zero-order chi connectivity index (χ0) is 49.1. The van der Waals surface area contributed by atoms with Gasteiger partial charge in [-0.25, -0.2) is 13.1 Å². The van der Waals surface area contributed by atoms with E-state index < -0.39 is 49.5 Å². The highest BCUT2D eigenvalue weighted by Crippen LogP contribution is 2.55. The SMILES string of the molecule is CC(C)c1ccccc1[C@@H]1CCCN1C1CC2(CCN(c3ccc(C(=O)NS(=O)(=O)c4cc5c(c([N+](=O)[O-])c4)S[C@@H]([C@H]4CC[C@](C)(O)CC4)CO5)c(Oc4cc5cc[nH]c5nc4OC(F)F)c3)CC2)C1. The highest BCUT2D eigenvalue weighted by atomic mass is 32.2. The number of hydrogen-bond donors (Lipinski definition) is 3. The molecule has 3 aromatic carbocycles. The van der Waals surface area contributed by atoms with E-state index in [0.29, 0.717) is 67.8 Å². The molecule has 2 saturated heterocycles. The summed E-state index contributed by atoms with van der Waals surface area (Å²) in [5.74, 6) is -1.49. The average Bonchev–Trinajstić information content (AvgIpc) is 4.00. The summed E-state index contributed by atoms with van der Waals surface area (Å²) >= 11 is 1.26. The van der Waals surface area contributed by atoms with Gasteiger partial charge in [0, 0.05) is 65.9 Å². The molecule has 19 heteroatoms. The van der Waals surface area contributed by atoms with Gasteiger partial charge in [-0.05, 0) is 130 Å². The largest absolute Gasteiger partial charge is 0.491 e. The molecule has 0 radical (unpaired) electrons. The molecule has 3 aliphatic heterocycles. The topological polar surface area (TPSA) is 189 Å². The summed E-state index contributed by atoms with van der Waals surface area (Å²) in [6, 6.07) is 19.6. The minimum Gasteiger partial charge on any atom is -0.491 e. The summed E-state index contributed by atoms with van der Waals surface area (Å²) in [5, 5.41) is 23.3. The molecule has 2 saturated carbocycles. The highest BCUT2D eigenvalue weighted by Gasteiger charge is 2.50. The minimum absolute atomic E-state index is 0.00653. The number of aliphatic hydroxyl groups is 1. The van der Waals surface area contributed by atoms with Crippen molar-refractivity contribution in [2.75, 3.05) is 31.1 Å². The second kappa shape index (κ2) is 18.9. The first kappa shape index (κ1) is 48.1. The number of carbonyl (C=O) groups excluding carboxylic acids is 1. The Hall–Kier alpha value is -5.50. The number of amides is 1. The zero-order valence-electron chi connectivity index (χ0n) is 39.4. The zero-order valence-corrected chi connectivity index (χ0v) is 41.0. The summed E-state index contributed by atoms with van der Waals surface area (Å²) in [5.41, 5.74) is 2.50. The van der Waals surface area contributed by atoms with E-state index in [0.717, 1.165) is 44.7 Å². The molecule has 15 nitrogen and oxygen atoms in total. The Bertz CT molecular complexity index is 2910. The number of rotatable bonds is 13. The molecule has 2 atom stereocenters. The van der Waals surface area contributed by atoms with Crippen molar-refractivity contribution in [1.29, 1.82) is 0 Å². The number of fused-ring (bicyclic) bond motifs is 2. The first-order valence-corrected chi connectivity index (χ1v) is 26.6. The van der Waals surface area contributed by atoms with Crippen LogP contribution in [0.25, 0.3) is 11.0 Å². The molecule has 5 aromatic rings. The van der Waals surface area contributed by atoms with Gasteiger partial charge in [0.15, 0.2) is 5.75 Å². The van der Waals surface area contributed by atoms with Gasteiger partial charge in [0.2, 0.25) is 0 Å². The molecule has 3 N–H and O–H groups in total. The fourth-order valence-electron chi connectivity index (χ4n) is 11.5. The van der Waals surface area contributed by atoms with E-state index in [1.165, 1.54) is 47.5 Å². The molecule has 1 amide bonds. The van der Waals surface area contributed by atoms with Crippen LogP contribution in [0.2, 0.25) is 0 Å². The molecule has 10 rings (SSSR count). The van der Waals surface area contributed by atoms with Crippen molar-refractivity contribution in [2.24, 2.45) is 11.3 Å². The number of benzene rings is 3. The molecule has 2 aliphatic carbocycles. The molecule has 0 bridgehead atoms. The number of thioether (sulfide) groups is 1. The van der Waals surface area contributed by atoms with E-state index in [2.05, 4.69) is 62.6 Å². The van der Waals surface area contributed by atoms with E-state index in [-0.39, 0.29) is 56.5 Å². The Morgan fingerprint density at radius 1 is 1.01 bits per heavy atom. The van der Waals surface area contributed by atoms with Crippen molar-refractivity contribution < 1.29 is 46.2 Å². The van der Waals surface area contributed by atoms with Gasteiger partial charge >= 0.3 is 6.61 Å². The lowest BCUT2D eigenvalue weighted by Crippen LogP contribution is -2.54. The third-order valence-electron chi connectivity index (χ3n) is 15.4. The van der Waals surface area contributed by atoms with Crippen LogP contribution in [0.5, 0.6) is 23.1 Å². The maximum Gasteiger partial charge on any atom is 0.388 e. The number of alkyl halides is 2. The summed E-state index contributed by atoms with van der Waals surface area (Å²) in [7, 11) is -4.79. The van der Waals surface area contributed by atoms with E-state index in [9.17, 15) is 37.2 Å². The molecule has 2 aromatic heterocycles. The second-order valence-electron chi connectivity index (χ2n) is 20.4. The van der Waals surface area contributed by atoms with Crippen LogP contribution in [-0.2, 0) is 10.0 Å². The fourth-order valence-corrected chi connectivity index (χ4v) is 13.9. The number of likely N-dealkylation sites (tertiary alicyclic amines) is 1. The number of halogens is 2. The Morgan fingerprint density at radius 2 is 1.77 bits per heavy atom. The monoisotopic (exact) mass is 1000 g/mol. The molecule has 5 heterocycles. The summed E-state index contributed by atoms with van der Waals surface area (Å²) in [4.78, 5) is 37.6. The van der Waals surface area contributed by atoms with Gasteiger partial charge in [-0.2, -0.15) is 13.8 Å². The third kappa shape index (κ3) is 9.65. The van der Waals surface area contributed by atoms with E-state index >= 15 is 0 Å². The highest BCUT2D eigenvalue weighted by molar-refractivity contribution is 8.00. The molecule has 70 heavy (non-hydrogen) atoms. The first-order chi connectivity index (χ1) is 33.4. The van der Waals surface area contributed by atoms with E-state index in [4.69, 9.17) is 14.2 Å². The number of nitrogens with one attached hydrogen (secondary N) is 2. The van der Waals surface area contributed by atoms with Crippen molar-refractivity contribution in [2.45, 2.75) is 130 Å².